The van der Waals surface area contributed by atoms with Crippen LogP contribution < -0.4 is 16.1 Å². The number of nitrogens with zero attached hydrogens (tertiary/aromatic N) is 1. The highest BCUT2D eigenvalue weighted by atomic mass is 35.5. The molecule has 2 amide bonds. The number of aliphatic hydroxyl groups excluding tert-OH is 1. The van der Waals surface area contributed by atoms with Gasteiger partial charge in [0, 0.05) is 25.0 Å². The van der Waals surface area contributed by atoms with Gasteiger partial charge in [-0.05, 0) is 70.1 Å². The lowest BCUT2D eigenvalue weighted by molar-refractivity contribution is -0.141. The van der Waals surface area contributed by atoms with Crippen LogP contribution >= 0.6 is 11.6 Å². The van der Waals surface area contributed by atoms with Crippen molar-refractivity contribution in [1.29, 1.82) is 0 Å². The number of carbonyl (C=O) groups excluding carboxylic acids is 2. The molecule has 6 fully saturated rings. The van der Waals surface area contributed by atoms with Gasteiger partial charge in [0.05, 0.1) is 23.1 Å². The lowest BCUT2D eigenvalue weighted by Gasteiger charge is -2.56. The van der Waals surface area contributed by atoms with Crippen LogP contribution in [-0.4, -0.2) is 82.5 Å². The third-order valence-electron chi connectivity index (χ3n) is 10.0. The number of aliphatic hydroxyl groups is 1. The summed E-state index contributed by atoms with van der Waals surface area (Å²) in [6.45, 7) is -0.149. The van der Waals surface area contributed by atoms with Crippen molar-refractivity contribution < 1.29 is 23.8 Å². The Morgan fingerprint density at radius 3 is 2.49 bits per heavy atom. The van der Waals surface area contributed by atoms with E-state index in [-0.39, 0.29) is 37.0 Å². The molecule has 4 N–H and O–H groups in total. The molecule has 8 nitrogen and oxygen atoms in total. The van der Waals surface area contributed by atoms with E-state index in [1.807, 2.05) is 12.1 Å². The monoisotopic (exact) mass is 542 g/mol. The van der Waals surface area contributed by atoms with Gasteiger partial charge in [-0.25, -0.2) is 9.40 Å². The van der Waals surface area contributed by atoms with Crippen molar-refractivity contribution in [3.05, 3.63) is 0 Å². The first-order chi connectivity index (χ1) is 17.7. The number of amides is 2. The van der Waals surface area contributed by atoms with Crippen molar-refractivity contribution in [2.24, 2.45) is 5.92 Å². The minimum absolute atomic E-state index is 0.0326. The van der Waals surface area contributed by atoms with Crippen molar-refractivity contribution in [2.45, 2.75) is 137 Å². The first-order valence-electron chi connectivity index (χ1n) is 14.4. The summed E-state index contributed by atoms with van der Waals surface area (Å²) in [7, 11) is 1.96. The summed E-state index contributed by atoms with van der Waals surface area (Å²) in [5, 5.41) is 19.0. The maximum Gasteiger partial charge on any atom is 0.246 e. The quantitative estimate of drug-likeness (QED) is 0.369. The van der Waals surface area contributed by atoms with Gasteiger partial charge in [0.1, 0.15) is 18.8 Å². The van der Waals surface area contributed by atoms with E-state index in [0.717, 1.165) is 19.3 Å². The van der Waals surface area contributed by atoms with Gasteiger partial charge in [-0.1, -0.05) is 19.3 Å². The largest absolute Gasteiger partial charge is 0.391 e. The van der Waals surface area contributed by atoms with Gasteiger partial charge in [0.15, 0.2) is 0 Å². The van der Waals surface area contributed by atoms with Crippen LogP contribution in [0, 0.1) is 5.92 Å². The minimum Gasteiger partial charge on any atom is -0.391 e. The van der Waals surface area contributed by atoms with Crippen LogP contribution in [0.25, 0.3) is 0 Å². The second-order valence-corrected chi connectivity index (χ2v) is 13.0. The van der Waals surface area contributed by atoms with Crippen molar-refractivity contribution >= 4 is 23.4 Å². The third kappa shape index (κ3) is 5.96. The zero-order valence-corrected chi connectivity index (χ0v) is 22.8. The maximum absolute atomic E-state index is 13.9. The molecule has 5 saturated carbocycles. The van der Waals surface area contributed by atoms with Crippen LogP contribution in [0.15, 0.2) is 0 Å². The molecule has 37 heavy (non-hydrogen) atoms. The first-order valence-corrected chi connectivity index (χ1v) is 14.8. The Balaban J connectivity index is 1.10. The number of ether oxygens (including phenoxy) is 1. The number of hydrazine groups is 1. The fraction of sp³-hybridized carbons (Fsp3) is 0.926. The van der Waals surface area contributed by atoms with Gasteiger partial charge in [0.25, 0.3) is 0 Å². The van der Waals surface area contributed by atoms with Gasteiger partial charge in [-0.3, -0.25) is 15.0 Å². The summed E-state index contributed by atoms with van der Waals surface area (Å²) in [5.74, 6) is 0.388. The zero-order chi connectivity index (χ0) is 26.2. The van der Waals surface area contributed by atoms with Gasteiger partial charge < -0.3 is 20.5 Å². The number of fused-ring (bicyclic) bond motifs is 3. The van der Waals surface area contributed by atoms with Crippen molar-refractivity contribution in [3.8, 4) is 0 Å². The van der Waals surface area contributed by atoms with E-state index < -0.39 is 28.7 Å². The molecular formula is C27H44ClFN4O4. The fourth-order valence-corrected chi connectivity index (χ4v) is 7.86. The highest BCUT2D eigenvalue weighted by Crippen LogP contribution is 2.47. The summed E-state index contributed by atoms with van der Waals surface area (Å²) in [4.78, 5) is 26.1. The molecule has 0 aromatic heterocycles. The topological polar surface area (TPSA) is 103 Å². The summed E-state index contributed by atoms with van der Waals surface area (Å²) in [6.07, 6.45) is 9.49. The standard InChI is InChI=1S/C27H44ClFN4O4/c1-33-22(14-21(32-33)17-5-3-2-4-6-17)25(36)31-26-9-11-27(12-10-26,23(34)15-26)30-24(35)16-37-18-7-8-19(28)20(29)13-18/h17-23,32,34H,2-16H2,1H3,(H,30,35)(H,31,36)/t18?,19?,20?,21?,22?,23-,26?,27?/m0/s1. The molecule has 0 spiro atoms. The van der Waals surface area contributed by atoms with Gasteiger partial charge in [-0.2, -0.15) is 0 Å². The van der Waals surface area contributed by atoms with Crippen LogP contribution in [0.5, 0.6) is 0 Å². The molecule has 5 aliphatic carbocycles. The van der Waals surface area contributed by atoms with E-state index in [0.29, 0.717) is 44.1 Å². The normalized spacial score (nSPS) is 43.0. The lowest BCUT2D eigenvalue weighted by Crippen LogP contribution is -2.71. The Kier molecular flexibility index (Phi) is 8.37. The molecule has 1 aliphatic heterocycles. The van der Waals surface area contributed by atoms with Gasteiger partial charge in [-0.15, -0.1) is 11.6 Å². The minimum atomic E-state index is -1.11. The van der Waals surface area contributed by atoms with Crippen molar-refractivity contribution in [3.63, 3.8) is 0 Å². The molecule has 0 aromatic rings. The number of nitrogens with one attached hydrogen (secondary N) is 3. The van der Waals surface area contributed by atoms with Gasteiger partial charge in [0.2, 0.25) is 11.8 Å². The van der Waals surface area contributed by atoms with Crippen molar-refractivity contribution in [2.75, 3.05) is 13.7 Å². The summed E-state index contributed by atoms with van der Waals surface area (Å²) in [5.41, 5.74) is 2.42. The highest BCUT2D eigenvalue weighted by molar-refractivity contribution is 6.21. The average Bonchev–Trinajstić information content (AvgIpc) is 3.28. The molecule has 1 saturated heterocycles. The zero-order valence-electron chi connectivity index (χ0n) is 22.0. The molecule has 0 radical (unpaired) electrons. The van der Waals surface area contributed by atoms with E-state index in [9.17, 15) is 19.1 Å². The van der Waals surface area contributed by atoms with E-state index in [2.05, 4.69) is 16.1 Å². The number of halogens is 2. The number of likely N-dealkylation sites (N-methyl/N-ethyl adjacent to an activating group) is 1. The number of carbonyl (C=O) groups is 2. The maximum atomic E-state index is 13.9. The number of rotatable bonds is 7. The lowest BCUT2D eigenvalue weighted by atomic mass is 9.59. The summed E-state index contributed by atoms with van der Waals surface area (Å²) >= 11 is 5.94. The van der Waals surface area contributed by atoms with E-state index in [1.165, 1.54) is 32.1 Å². The van der Waals surface area contributed by atoms with Crippen LogP contribution in [0.1, 0.15) is 89.9 Å². The third-order valence-corrected chi connectivity index (χ3v) is 10.5. The highest BCUT2D eigenvalue weighted by Gasteiger charge is 2.56. The van der Waals surface area contributed by atoms with Crippen LogP contribution in [0.4, 0.5) is 4.39 Å². The Hall–Kier alpha value is -1.00. The number of hydrogen-bond donors (Lipinski definition) is 4. The second-order valence-electron chi connectivity index (χ2n) is 12.5. The Morgan fingerprint density at radius 1 is 1.08 bits per heavy atom. The van der Waals surface area contributed by atoms with Crippen molar-refractivity contribution in [1.82, 2.24) is 21.1 Å². The van der Waals surface area contributed by atoms with Crippen LogP contribution in [-0.2, 0) is 14.3 Å². The molecule has 210 valence electrons. The summed E-state index contributed by atoms with van der Waals surface area (Å²) < 4.78 is 19.5. The molecular weight excluding hydrogens is 499 g/mol. The molecule has 6 aliphatic rings. The van der Waals surface area contributed by atoms with Crippen LogP contribution in [0.3, 0.4) is 0 Å². The molecule has 0 aromatic carbocycles. The molecule has 6 atom stereocenters. The second kappa shape index (κ2) is 11.2. The predicted octanol–water partition coefficient (Wildman–Crippen LogP) is 2.71. The number of alkyl halides is 2. The SMILES string of the molecule is CN1NC(C2CCCCC2)CC1C(=O)NC12CCC(NC(=O)COC3CCC(Cl)C(F)C3)(CC1)[C@@H](O)C2. The molecule has 10 heteroatoms. The smallest absolute Gasteiger partial charge is 0.246 e. The molecule has 5 unspecified atom stereocenters. The Bertz CT molecular complexity index is 835. The predicted molar refractivity (Wildman–Crippen MR) is 139 cm³/mol. The van der Waals surface area contributed by atoms with Crippen LogP contribution in [0.2, 0.25) is 0 Å². The molecule has 1 heterocycles. The summed E-state index contributed by atoms with van der Waals surface area (Å²) in [6, 6.07) is 0.148. The van der Waals surface area contributed by atoms with E-state index >= 15 is 0 Å². The fourth-order valence-electron chi connectivity index (χ4n) is 7.63. The molecule has 6 rings (SSSR count). The number of hydrogen-bond acceptors (Lipinski definition) is 6. The first kappa shape index (κ1) is 27.6. The Labute approximate surface area is 224 Å². The van der Waals surface area contributed by atoms with E-state index in [4.69, 9.17) is 16.3 Å². The Morgan fingerprint density at radius 2 is 1.81 bits per heavy atom. The average molecular weight is 543 g/mol. The van der Waals surface area contributed by atoms with Gasteiger partial charge >= 0.3 is 0 Å². The molecule has 2 bridgehead atoms. The van der Waals surface area contributed by atoms with E-state index in [1.54, 1.807) is 0 Å².